The molecule has 330 valence electrons. The van der Waals surface area contributed by atoms with Crippen LogP contribution in [-0.4, -0.2) is 86.1 Å². The highest BCUT2D eigenvalue weighted by atomic mass is 16.8. The average Bonchev–Trinajstić information content (AvgIpc) is 3.34. The van der Waals surface area contributed by atoms with Gasteiger partial charge in [0.1, 0.15) is 11.3 Å². The molecule has 0 fully saturated rings. The summed E-state index contributed by atoms with van der Waals surface area (Å²) in [5.74, 6) is -26.1. The third-order valence-electron chi connectivity index (χ3n) is 9.66. The van der Waals surface area contributed by atoms with E-state index >= 15 is 0 Å². The first-order valence-corrected chi connectivity index (χ1v) is 19.0. The van der Waals surface area contributed by atoms with Gasteiger partial charge < -0.3 is 54.0 Å². The maximum Gasteiger partial charge on any atom is 0.379 e. The van der Waals surface area contributed by atoms with Crippen LogP contribution in [0.2, 0.25) is 0 Å². The Balaban J connectivity index is 1.52. The Kier molecular flexibility index (Phi) is 11.3. The van der Waals surface area contributed by atoms with E-state index in [1.165, 1.54) is 73.4 Å². The Morgan fingerprint density at radius 2 is 0.909 bits per heavy atom. The van der Waals surface area contributed by atoms with Crippen molar-refractivity contribution in [3.63, 3.8) is 0 Å². The quantitative estimate of drug-likeness (QED) is 0.0399. The van der Waals surface area contributed by atoms with E-state index in [2.05, 4.69) is 24.9 Å². The Morgan fingerprint density at radius 1 is 0.485 bits per heavy atom. The number of esters is 5. The second kappa shape index (κ2) is 17.3. The molecule has 0 saturated heterocycles. The lowest BCUT2D eigenvalue weighted by molar-refractivity contribution is -0.455. The molecule has 0 radical (unpaired) electrons. The van der Waals surface area contributed by atoms with Crippen molar-refractivity contribution >= 4 is 29.8 Å². The minimum Gasteiger partial charge on any atom is -0.504 e. The number of aromatic nitrogens is 5. The highest BCUT2D eigenvalue weighted by Crippen LogP contribution is 2.63. The number of benzene rings is 2. The summed E-state index contributed by atoms with van der Waals surface area (Å²) >= 11 is 0. The summed E-state index contributed by atoms with van der Waals surface area (Å²) in [6.45, 7) is 0. The number of aliphatic hydroxyl groups is 1. The van der Waals surface area contributed by atoms with Crippen LogP contribution < -0.4 is 9.47 Å². The third-order valence-corrected chi connectivity index (χ3v) is 9.66. The number of hydrogen-bond donors (Lipinski definition) is 5. The maximum atomic E-state index is 14.6. The second-order valence-electron chi connectivity index (χ2n) is 13.8. The van der Waals surface area contributed by atoms with E-state index in [9.17, 15) is 49.5 Å². The topological polar surface area (TPSA) is 306 Å². The van der Waals surface area contributed by atoms with Gasteiger partial charge in [-0.3, -0.25) is 24.9 Å². The van der Waals surface area contributed by atoms with E-state index in [4.69, 9.17) is 28.4 Å². The summed E-state index contributed by atoms with van der Waals surface area (Å²) in [5.41, 5.74) is -4.02. The smallest absolute Gasteiger partial charge is 0.379 e. The Bertz CT molecular complexity index is 2940. The van der Waals surface area contributed by atoms with Gasteiger partial charge in [-0.15, -0.1) is 0 Å². The zero-order valence-corrected chi connectivity index (χ0v) is 33.3. The summed E-state index contributed by atoms with van der Waals surface area (Å²) in [5, 5.41) is 59.3. The van der Waals surface area contributed by atoms with Gasteiger partial charge in [0.05, 0.1) is 27.8 Å². The zero-order valence-electron chi connectivity index (χ0n) is 33.3. The van der Waals surface area contributed by atoms with Gasteiger partial charge in [-0.25, -0.2) is 24.0 Å². The second-order valence-corrected chi connectivity index (χ2v) is 13.8. The molecule has 8 rings (SSSR count). The number of phenolic OH excluding ortho intramolecular Hbond substituents is 4. The monoisotopic (exact) mass is 895 g/mol. The lowest BCUT2D eigenvalue weighted by Gasteiger charge is -2.54. The molecule has 1 unspecified atom stereocenters. The summed E-state index contributed by atoms with van der Waals surface area (Å²) in [6.07, 6.45) is 11.4. The summed E-state index contributed by atoms with van der Waals surface area (Å²) < 4.78 is 35.7. The van der Waals surface area contributed by atoms with Crippen molar-refractivity contribution in [2.75, 3.05) is 0 Å². The number of rotatable bonds is 11. The molecule has 0 amide bonds. The molecule has 1 aliphatic heterocycles. The molecular formula is C45H29N5O16. The van der Waals surface area contributed by atoms with Crippen LogP contribution in [0.1, 0.15) is 62.9 Å². The molecule has 0 bridgehead atoms. The van der Waals surface area contributed by atoms with Crippen LogP contribution in [0.3, 0.4) is 0 Å². The Labute approximate surface area is 369 Å². The van der Waals surface area contributed by atoms with Gasteiger partial charge >= 0.3 is 47.2 Å². The number of phenols is 4. The highest BCUT2D eigenvalue weighted by molar-refractivity contribution is 5.94. The van der Waals surface area contributed by atoms with Gasteiger partial charge in [0.15, 0.2) is 23.0 Å². The molecule has 2 aromatic carbocycles. The van der Waals surface area contributed by atoms with E-state index < -0.39 is 110 Å². The van der Waals surface area contributed by atoms with Crippen LogP contribution in [0.5, 0.6) is 34.5 Å². The maximum absolute atomic E-state index is 14.6. The van der Waals surface area contributed by atoms with Crippen LogP contribution in [0, 0.1) is 0 Å². The standard InChI is InChI=1S/C45H29N5O16/c51-31-12-11-30(18-32(31)52)43(63-39(56)26-7-2-14-47-21-26)45(60,66-42(59)29-10-5-17-50-24-29)44(64-40(57)27-8-3-15-48-22-27,65-41(58)28-9-4-16-49-23-28)35-34(62-43)19-33(53)37(36(35)54)61-38(55)25-6-1-13-46-20-25/h1-24,51-54,60H/t43?,45-/m1/s1. The molecular weight excluding hydrogens is 867 g/mol. The molecule has 66 heavy (non-hydrogen) atoms. The number of carbonyl (C=O) groups excluding carboxylic acids is 5. The fraction of sp³-hybridized carbons (Fsp3) is 0.0667. The molecule has 2 atom stereocenters. The lowest BCUT2D eigenvalue weighted by Crippen LogP contribution is -2.74. The molecule has 6 heterocycles. The number of aromatic hydroxyl groups is 4. The van der Waals surface area contributed by atoms with Crippen LogP contribution in [-0.2, 0) is 30.5 Å². The largest absolute Gasteiger partial charge is 0.504 e. The van der Waals surface area contributed by atoms with Crippen LogP contribution in [0.25, 0.3) is 0 Å². The van der Waals surface area contributed by atoms with Crippen LogP contribution in [0.4, 0.5) is 0 Å². The fourth-order valence-electron chi connectivity index (χ4n) is 6.58. The van der Waals surface area contributed by atoms with Crippen LogP contribution >= 0.6 is 0 Å². The molecule has 7 aromatic rings. The van der Waals surface area contributed by atoms with E-state index in [0.717, 1.165) is 61.3 Å². The minimum absolute atomic E-state index is 0.224. The van der Waals surface area contributed by atoms with Gasteiger partial charge in [-0.2, -0.15) is 0 Å². The predicted molar refractivity (Wildman–Crippen MR) is 216 cm³/mol. The molecule has 0 aliphatic carbocycles. The van der Waals surface area contributed by atoms with E-state index in [1.807, 2.05) is 0 Å². The van der Waals surface area contributed by atoms with E-state index in [-0.39, 0.29) is 11.1 Å². The van der Waals surface area contributed by atoms with Crippen molar-refractivity contribution in [3.8, 4) is 34.5 Å². The summed E-state index contributed by atoms with van der Waals surface area (Å²) in [4.78, 5) is 91.1. The summed E-state index contributed by atoms with van der Waals surface area (Å²) in [7, 11) is 0. The number of ether oxygens (including phenoxy) is 6. The van der Waals surface area contributed by atoms with Crippen molar-refractivity contribution in [3.05, 3.63) is 186 Å². The molecule has 0 spiro atoms. The number of hydrogen-bond acceptors (Lipinski definition) is 21. The van der Waals surface area contributed by atoms with E-state index in [0.29, 0.717) is 12.1 Å². The third kappa shape index (κ3) is 7.68. The molecule has 5 N–H and O–H groups in total. The number of carbonyl (C=O) groups is 5. The first kappa shape index (κ1) is 43.2. The number of pyridine rings is 5. The zero-order chi connectivity index (χ0) is 46.6. The highest BCUT2D eigenvalue weighted by Gasteiger charge is 2.82. The SMILES string of the molecule is O=C(Oc1c(O)cc2c(c1O)C(OC(=O)c1cccnc1)(OC(=O)c1cccnc1)[C@](O)(OC(=O)c1cccnc1)C(OC(=O)c1cccnc1)(c1ccc(O)c(O)c1)O2)c1cccnc1. The van der Waals surface area contributed by atoms with Crippen LogP contribution in [0.15, 0.2) is 147 Å². The number of nitrogens with zero attached hydrogens (tertiary/aromatic N) is 5. The lowest BCUT2D eigenvalue weighted by atomic mass is 9.81. The van der Waals surface area contributed by atoms with Crippen molar-refractivity contribution < 1.29 is 77.9 Å². The normalized spacial score (nSPS) is 16.9. The van der Waals surface area contributed by atoms with Gasteiger partial charge in [0.2, 0.25) is 5.75 Å². The van der Waals surface area contributed by atoms with Crippen molar-refractivity contribution in [1.29, 1.82) is 0 Å². The summed E-state index contributed by atoms with van der Waals surface area (Å²) in [6, 6.07) is 15.3. The first-order valence-electron chi connectivity index (χ1n) is 19.0. The van der Waals surface area contributed by atoms with Gasteiger partial charge in [-0.1, -0.05) is 0 Å². The van der Waals surface area contributed by atoms with Crippen molar-refractivity contribution in [1.82, 2.24) is 24.9 Å². The first-order chi connectivity index (χ1) is 31.8. The van der Waals surface area contributed by atoms with E-state index in [1.54, 1.807) is 0 Å². The average molecular weight is 896 g/mol. The van der Waals surface area contributed by atoms with Gasteiger partial charge in [0, 0.05) is 73.6 Å². The Morgan fingerprint density at radius 3 is 1.33 bits per heavy atom. The fourth-order valence-corrected chi connectivity index (χ4v) is 6.58. The van der Waals surface area contributed by atoms with Crippen molar-refractivity contribution in [2.24, 2.45) is 0 Å². The van der Waals surface area contributed by atoms with Gasteiger partial charge in [0.25, 0.3) is 0 Å². The molecule has 21 heteroatoms. The van der Waals surface area contributed by atoms with Crippen molar-refractivity contribution in [2.45, 2.75) is 17.4 Å². The minimum atomic E-state index is -4.30. The molecule has 0 saturated carbocycles. The molecule has 5 aromatic heterocycles. The molecule has 1 aliphatic rings. The molecule has 21 nitrogen and oxygen atoms in total. The number of fused-ring (bicyclic) bond motifs is 1. The predicted octanol–water partition coefficient (Wildman–Crippen LogP) is 4.22. The van der Waals surface area contributed by atoms with Gasteiger partial charge in [-0.05, 0) is 78.9 Å². The Hall–Kier alpha value is -9.50.